The highest BCUT2D eigenvalue weighted by atomic mass is 127. The number of carbonyl (C=O) groups is 2. The van der Waals surface area contributed by atoms with Crippen LogP contribution in [0.5, 0.6) is 0 Å². The average molecular weight is 285 g/mol. The number of hydrogen-bond acceptors (Lipinski definition) is 3. The maximum Gasteiger partial charge on any atom is 0.407 e. The molecule has 0 radical (unpaired) electrons. The highest BCUT2D eigenvalue weighted by molar-refractivity contribution is 14.1. The van der Waals surface area contributed by atoms with Crippen LogP contribution in [0.2, 0.25) is 0 Å². The van der Waals surface area contributed by atoms with Gasteiger partial charge >= 0.3 is 6.09 Å². The van der Waals surface area contributed by atoms with E-state index in [1.165, 1.54) is 7.11 Å². The fourth-order valence-corrected chi connectivity index (χ4v) is 1.55. The van der Waals surface area contributed by atoms with Crippen LogP contribution in [0.4, 0.5) is 4.79 Å². The van der Waals surface area contributed by atoms with E-state index in [9.17, 15) is 9.59 Å². The smallest absolute Gasteiger partial charge is 0.407 e. The van der Waals surface area contributed by atoms with E-state index in [1.54, 1.807) is 22.6 Å². The van der Waals surface area contributed by atoms with Crippen molar-refractivity contribution in [1.29, 1.82) is 0 Å². The van der Waals surface area contributed by atoms with Crippen LogP contribution >= 0.6 is 22.6 Å². The molecule has 0 aliphatic rings. The molecule has 0 bridgehead atoms. The molecule has 0 rings (SSSR count). The van der Waals surface area contributed by atoms with Crippen molar-refractivity contribution in [3.05, 3.63) is 0 Å². The molecule has 1 N–H and O–H groups in total. The van der Waals surface area contributed by atoms with Crippen LogP contribution in [-0.2, 0) is 9.53 Å². The lowest BCUT2D eigenvalue weighted by Gasteiger charge is -2.17. The molecule has 0 heterocycles. The third kappa shape index (κ3) is 3.89. The van der Waals surface area contributed by atoms with Crippen LogP contribution in [-0.4, -0.2) is 23.0 Å². The Morgan fingerprint density at radius 2 is 1.92 bits per heavy atom. The monoisotopic (exact) mass is 285 g/mol. The number of nitrogens with one attached hydrogen (secondary N) is 1. The molecule has 0 spiro atoms. The molecule has 0 saturated heterocycles. The van der Waals surface area contributed by atoms with Gasteiger partial charge in [0, 0.05) is 22.6 Å². The van der Waals surface area contributed by atoms with Crippen molar-refractivity contribution in [2.75, 3.05) is 7.11 Å². The van der Waals surface area contributed by atoms with E-state index in [4.69, 9.17) is 0 Å². The summed E-state index contributed by atoms with van der Waals surface area (Å²) in [7, 11) is 1.27. The predicted octanol–water partition coefficient (Wildman–Crippen LogP) is 1.33. The molecule has 0 aromatic carbocycles. The van der Waals surface area contributed by atoms with Gasteiger partial charge in [-0.3, -0.25) is 4.79 Å². The second-order valence-electron chi connectivity index (χ2n) is 2.66. The van der Waals surface area contributed by atoms with E-state index in [1.807, 2.05) is 13.8 Å². The minimum atomic E-state index is -0.571. The van der Waals surface area contributed by atoms with E-state index >= 15 is 0 Å². The zero-order valence-electron chi connectivity index (χ0n) is 7.26. The Kier molecular flexibility index (Phi) is 5.19. The van der Waals surface area contributed by atoms with Gasteiger partial charge in [0.05, 0.1) is 7.11 Å². The molecule has 0 aliphatic heterocycles. The summed E-state index contributed by atoms with van der Waals surface area (Å²) in [5.74, 6) is 0.0773. The lowest BCUT2D eigenvalue weighted by atomic mass is 10.1. The Balaban J connectivity index is 4.14. The third-order valence-electron chi connectivity index (χ3n) is 1.37. The van der Waals surface area contributed by atoms with Crippen LogP contribution in [0.1, 0.15) is 13.8 Å². The van der Waals surface area contributed by atoms with Crippen molar-refractivity contribution in [1.82, 2.24) is 5.32 Å². The zero-order valence-corrected chi connectivity index (χ0v) is 9.41. The fourth-order valence-electron chi connectivity index (χ4n) is 0.671. The Bertz CT molecular complexity index is 181. The number of alkyl carbamates (subject to hydrolysis) is 1. The maximum atomic E-state index is 11.0. The molecule has 4 nitrogen and oxygen atoms in total. The van der Waals surface area contributed by atoms with Gasteiger partial charge in [0.1, 0.15) is 6.04 Å². The van der Waals surface area contributed by atoms with E-state index in [2.05, 4.69) is 10.1 Å². The van der Waals surface area contributed by atoms with Gasteiger partial charge in [-0.25, -0.2) is 4.79 Å². The van der Waals surface area contributed by atoms with Gasteiger partial charge in [-0.1, -0.05) is 13.8 Å². The third-order valence-corrected chi connectivity index (χ3v) is 2.04. The van der Waals surface area contributed by atoms with Crippen molar-refractivity contribution in [2.45, 2.75) is 19.9 Å². The topological polar surface area (TPSA) is 55.4 Å². The summed E-state index contributed by atoms with van der Waals surface area (Å²) in [4.78, 5) is 21.7. The molecule has 0 unspecified atom stereocenters. The quantitative estimate of drug-likeness (QED) is 0.628. The molecule has 0 aliphatic carbocycles. The minimum absolute atomic E-state index is 0.0773. The van der Waals surface area contributed by atoms with Gasteiger partial charge in [-0.2, -0.15) is 0 Å². The average Bonchev–Trinajstić information content (AvgIpc) is 1.98. The number of amides is 1. The molecule has 0 saturated carbocycles. The minimum Gasteiger partial charge on any atom is -0.453 e. The number of methoxy groups -OCH3 is 1. The van der Waals surface area contributed by atoms with Crippen molar-refractivity contribution in [3.63, 3.8) is 0 Å². The standard InChI is InChI=1S/C7H12INO3/c1-4(2)5(6(8)10)9-7(11)12-3/h4-5H,1-3H3,(H,9,11)/t5-/m0/s1. The summed E-state index contributed by atoms with van der Waals surface area (Å²) in [5.41, 5.74) is 0. The van der Waals surface area contributed by atoms with Crippen LogP contribution in [0.15, 0.2) is 0 Å². The van der Waals surface area contributed by atoms with Crippen molar-refractivity contribution in [2.24, 2.45) is 5.92 Å². The molecule has 5 heteroatoms. The van der Waals surface area contributed by atoms with Crippen molar-refractivity contribution >= 4 is 32.5 Å². The molecule has 1 amide bonds. The normalized spacial score (nSPS) is 12.4. The van der Waals surface area contributed by atoms with Gasteiger partial charge in [-0.05, 0) is 5.92 Å². The Labute approximate surface area is 85.2 Å². The van der Waals surface area contributed by atoms with Gasteiger partial charge in [0.2, 0.25) is 3.79 Å². The Hall–Kier alpha value is -0.330. The second kappa shape index (κ2) is 5.34. The molecule has 1 atom stereocenters. The first-order valence-electron chi connectivity index (χ1n) is 3.52. The first-order chi connectivity index (χ1) is 5.49. The molecular formula is C7H12INO3. The molecule has 0 fully saturated rings. The van der Waals surface area contributed by atoms with Crippen molar-refractivity contribution in [3.8, 4) is 0 Å². The summed E-state index contributed by atoms with van der Waals surface area (Å²) in [6.45, 7) is 3.72. The van der Waals surface area contributed by atoms with Gasteiger partial charge in [0.25, 0.3) is 0 Å². The van der Waals surface area contributed by atoms with E-state index in [0.717, 1.165) is 0 Å². The zero-order chi connectivity index (χ0) is 9.72. The van der Waals surface area contributed by atoms with Crippen molar-refractivity contribution < 1.29 is 14.3 Å². The van der Waals surface area contributed by atoms with Crippen LogP contribution in [0.25, 0.3) is 0 Å². The molecule has 0 aromatic heterocycles. The summed E-state index contributed by atoms with van der Waals surface area (Å²) in [6, 6.07) is -0.460. The van der Waals surface area contributed by atoms with Crippen LogP contribution < -0.4 is 5.32 Å². The highest BCUT2D eigenvalue weighted by Crippen LogP contribution is 2.06. The van der Waals surface area contributed by atoms with Crippen LogP contribution in [0.3, 0.4) is 0 Å². The summed E-state index contributed by atoms with van der Waals surface area (Å²) in [5, 5.41) is 2.45. The van der Waals surface area contributed by atoms with Gasteiger partial charge < -0.3 is 10.1 Å². The number of ether oxygens (including phenoxy) is 1. The predicted molar refractivity (Wildman–Crippen MR) is 53.2 cm³/mol. The van der Waals surface area contributed by atoms with Gasteiger partial charge in [0.15, 0.2) is 0 Å². The lowest BCUT2D eigenvalue weighted by Crippen LogP contribution is -2.42. The number of halogens is 1. The Morgan fingerprint density at radius 3 is 2.17 bits per heavy atom. The molecular weight excluding hydrogens is 273 g/mol. The van der Waals surface area contributed by atoms with E-state index in [-0.39, 0.29) is 9.71 Å². The SMILES string of the molecule is COC(=O)N[C@H](C(=O)I)C(C)C. The largest absolute Gasteiger partial charge is 0.453 e. The Morgan fingerprint density at radius 1 is 1.42 bits per heavy atom. The highest BCUT2D eigenvalue weighted by Gasteiger charge is 2.21. The molecule has 0 aromatic rings. The fraction of sp³-hybridized carbons (Fsp3) is 0.714. The summed E-state index contributed by atoms with van der Waals surface area (Å²) >= 11 is 1.66. The maximum absolute atomic E-state index is 11.0. The summed E-state index contributed by atoms with van der Waals surface area (Å²) in [6.07, 6.45) is -0.571. The van der Waals surface area contributed by atoms with E-state index < -0.39 is 12.1 Å². The van der Waals surface area contributed by atoms with Crippen LogP contribution in [0, 0.1) is 5.92 Å². The first kappa shape index (κ1) is 11.7. The molecule has 12 heavy (non-hydrogen) atoms. The number of rotatable bonds is 3. The molecule has 70 valence electrons. The van der Waals surface area contributed by atoms with E-state index in [0.29, 0.717) is 0 Å². The lowest BCUT2D eigenvalue weighted by molar-refractivity contribution is -0.111. The number of carbonyl (C=O) groups excluding carboxylic acids is 2. The summed E-state index contributed by atoms with van der Waals surface area (Å²) < 4.78 is 4.29. The number of hydrogen-bond donors (Lipinski definition) is 1. The first-order valence-corrected chi connectivity index (χ1v) is 4.60. The second-order valence-corrected chi connectivity index (χ2v) is 3.72. The van der Waals surface area contributed by atoms with Gasteiger partial charge in [-0.15, -0.1) is 0 Å².